The molecule has 1 heterocycles. The van der Waals surface area contributed by atoms with Crippen LogP contribution >= 0.6 is 11.3 Å². The largest absolute Gasteiger partial charge is 0.301 e. The molecule has 0 aliphatic heterocycles. The lowest BCUT2D eigenvalue weighted by molar-refractivity contribution is -0.117. The Morgan fingerprint density at radius 1 is 1.60 bits per heavy atom. The molecule has 1 aromatic heterocycles. The molecule has 0 saturated heterocycles. The van der Waals surface area contributed by atoms with Gasteiger partial charge in [0.2, 0.25) is 0 Å². The second-order valence-corrected chi connectivity index (χ2v) is 4.96. The third-order valence-corrected chi connectivity index (χ3v) is 2.99. The Hall–Kier alpha value is -0.740. The maximum atomic E-state index is 10.8. The highest BCUT2D eigenvalue weighted by Crippen LogP contribution is 2.09. The third kappa shape index (κ3) is 5.04. The number of rotatable bonds is 6. The van der Waals surface area contributed by atoms with Crippen LogP contribution in [0.4, 0.5) is 0 Å². The van der Waals surface area contributed by atoms with Crippen molar-refractivity contribution < 1.29 is 4.79 Å². The minimum Gasteiger partial charge on any atom is -0.301 e. The fourth-order valence-corrected chi connectivity index (χ4v) is 2.04. The highest BCUT2D eigenvalue weighted by Gasteiger charge is 2.03. The molecule has 1 rings (SSSR count). The molecule has 0 aliphatic rings. The highest BCUT2D eigenvalue weighted by atomic mass is 32.1. The van der Waals surface area contributed by atoms with Crippen LogP contribution in [0.2, 0.25) is 0 Å². The Bertz CT molecular complexity index is 322. The van der Waals surface area contributed by atoms with E-state index in [1.807, 2.05) is 6.92 Å². The molecule has 4 heteroatoms. The smallest absolute Gasteiger partial charge is 0.129 e. The van der Waals surface area contributed by atoms with Crippen LogP contribution in [0.3, 0.4) is 0 Å². The number of carbonyl (C=O) groups excluding carboxylic acids is 1. The summed E-state index contributed by atoms with van der Waals surface area (Å²) in [5, 5.41) is 3.21. The monoisotopic (exact) mass is 226 g/mol. The average Bonchev–Trinajstić information content (AvgIpc) is 2.50. The molecule has 0 atom stereocenters. The minimum atomic E-state index is 0.271. The van der Waals surface area contributed by atoms with E-state index >= 15 is 0 Å². The quantitative estimate of drug-likeness (QED) is 0.746. The Kier molecular flexibility index (Phi) is 4.91. The topological polar surface area (TPSA) is 33.2 Å². The van der Waals surface area contributed by atoms with Crippen LogP contribution in [-0.2, 0) is 11.3 Å². The predicted molar refractivity (Wildman–Crippen MR) is 63.1 cm³/mol. The maximum absolute atomic E-state index is 10.8. The molecule has 84 valence electrons. The highest BCUT2D eigenvalue weighted by molar-refractivity contribution is 7.09. The first-order valence-corrected chi connectivity index (χ1v) is 6.05. The lowest BCUT2D eigenvalue weighted by Gasteiger charge is -2.14. The van der Waals surface area contributed by atoms with Gasteiger partial charge in [0.05, 0.1) is 10.7 Å². The molecule has 0 fully saturated rings. The van der Waals surface area contributed by atoms with Crippen molar-refractivity contribution in [1.29, 1.82) is 0 Å². The number of aromatic nitrogens is 1. The number of thiazole rings is 1. The summed E-state index contributed by atoms with van der Waals surface area (Å²) in [7, 11) is 2.06. The van der Waals surface area contributed by atoms with Crippen molar-refractivity contribution in [3.63, 3.8) is 0 Å². The molecule has 0 saturated carbocycles. The van der Waals surface area contributed by atoms with Crippen LogP contribution in [0, 0.1) is 6.92 Å². The van der Waals surface area contributed by atoms with Crippen molar-refractivity contribution in [2.75, 3.05) is 13.6 Å². The number of hydrogen-bond donors (Lipinski definition) is 0. The molecule has 0 aromatic carbocycles. The van der Waals surface area contributed by atoms with E-state index in [-0.39, 0.29) is 5.78 Å². The first kappa shape index (κ1) is 12.3. The van der Waals surface area contributed by atoms with Gasteiger partial charge in [0.1, 0.15) is 5.78 Å². The summed E-state index contributed by atoms with van der Waals surface area (Å²) in [6, 6.07) is 0. The number of carbonyl (C=O) groups is 1. The molecular formula is C11H18N2OS. The standard InChI is InChI=1S/C11H18N2OS/c1-9(14)5-4-6-13(3)7-11-8-15-10(2)12-11/h8H,4-7H2,1-3H3. The second-order valence-electron chi connectivity index (χ2n) is 3.90. The SMILES string of the molecule is CC(=O)CCCN(C)Cc1csc(C)n1. The summed E-state index contributed by atoms with van der Waals surface area (Å²) >= 11 is 1.68. The normalized spacial score (nSPS) is 10.9. The zero-order chi connectivity index (χ0) is 11.3. The summed E-state index contributed by atoms with van der Waals surface area (Å²) in [5.74, 6) is 0.271. The summed E-state index contributed by atoms with van der Waals surface area (Å²) in [6.07, 6.45) is 1.62. The van der Waals surface area contributed by atoms with Gasteiger partial charge in [-0.15, -0.1) is 11.3 Å². The fraction of sp³-hybridized carbons (Fsp3) is 0.636. The maximum Gasteiger partial charge on any atom is 0.129 e. The van der Waals surface area contributed by atoms with Gasteiger partial charge in [-0.05, 0) is 33.9 Å². The molecule has 1 aromatic rings. The number of Topliss-reactive ketones (excluding diaryl/α,β-unsaturated/α-hetero) is 1. The fourth-order valence-electron chi connectivity index (χ4n) is 1.43. The van der Waals surface area contributed by atoms with Crippen LogP contribution in [0.5, 0.6) is 0 Å². The van der Waals surface area contributed by atoms with Crippen LogP contribution in [0.15, 0.2) is 5.38 Å². The van der Waals surface area contributed by atoms with Gasteiger partial charge in [-0.1, -0.05) is 0 Å². The number of hydrogen-bond acceptors (Lipinski definition) is 4. The lowest BCUT2D eigenvalue weighted by atomic mass is 10.2. The van der Waals surface area contributed by atoms with Crippen molar-refractivity contribution >= 4 is 17.1 Å². The van der Waals surface area contributed by atoms with E-state index in [4.69, 9.17) is 0 Å². The second kappa shape index (κ2) is 5.98. The van der Waals surface area contributed by atoms with Gasteiger partial charge in [-0.25, -0.2) is 4.98 Å². The summed E-state index contributed by atoms with van der Waals surface area (Å²) in [6.45, 7) is 5.49. The van der Waals surface area contributed by atoms with Crippen molar-refractivity contribution in [1.82, 2.24) is 9.88 Å². The molecule has 0 radical (unpaired) electrons. The molecule has 15 heavy (non-hydrogen) atoms. The van der Waals surface area contributed by atoms with Crippen molar-refractivity contribution in [2.24, 2.45) is 0 Å². The first-order chi connectivity index (χ1) is 7.08. The van der Waals surface area contributed by atoms with E-state index in [1.54, 1.807) is 18.3 Å². The van der Waals surface area contributed by atoms with Gasteiger partial charge in [0.25, 0.3) is 0 Å². The van der Waals surface area contributed by atoms with E-state index in [1.165, 1.54) is 0 Å². The predicted octanol–water partition coefficient (Wildman–Crippen LogP) is 2.25. The van der Waals surface area contributed by atoms with Gasteiger partial charge >= 0.3 is 0 Å². The van der Waals surface area contributed by atoms with Gasteiger partial charge in [0.15, 0.2) is 0 Å². The van der Waals surface area contributed by atoms with Crippen LogP contribution in [-0.4, -0.2) is 29.3 Å². The van der Waals surface area contributed by atoms with Crippen molar-refractivity contribution in [2.45, 2.75) is 33.2 Å². The Labute approximate surface area is 95.1 Å². The van der Waals surface area contributed by atoms with E-state index in [0.29, 0.717) is 6.42 Å². The summed E-state index contributed by atoms with van der Waals surface area (Å²) in [5.41, 5.74) is 1.13. The van der Waals surface area contributed by atoms with Crippen LogP contribution in [0.1, 0.15) is 30.5 Å². The Morgan fingerprint density at radius 3 is 2.87 bits per heavy atom. The average molecular weight is 226 g/mol. The van der Waals surface area contributed by atoms with Crippen molar-refractivity contribution in [3.8, 4) is 0 Å². The van der Waals surface area contributed by atoms with Crippen LogP contribution in [0.25, 0.3) is 0 Å². The van der Waals surface area contributed by atoms with Crippen LogP contribution < -0.4 is 0 Å². The van der Waals surface area contributed by atoms with Gasteiger partial charge in [-0.2, -0.15) is 0 Å². The zero-order valence-corrected chi connectivity index (χ0v) is 10.4. The Morgan fingerprint density at radius 2 is 2.33 bits per heavy atom. The first-order valence-electron chi connectivity index (χ1n) is 5.17. The van der Waals surface area contributed by atoms with Gasteiger partial charge in [0, 0.05) is 18.3 Å². The lowest BCUT2D eigenvalue weighted by Crippen LogP contribution is -2.19. The van der Waals surface area contributed by atoms with E-state index in [0.717, 1.165) is 30.2 Å². The molecule has 3 nitrogen and oxygen atoms in total. The number of ketones is 1. The zero-order valence-electron chi connectivity index (χ0n) is 9.62. The molecular weight excluding hydrogens is 208 g/mol. The number of aryl methyl sites for hydroxylation is 1. The molecule has 0 bridgehead atoms. The summed E-state index contributed by atoms with van der Waals surface area (Å²) < 4.78 is 0. The van der Waals surface area contributed by atoms with E-state index in [9.17, 15) is 4.79 Å². The summed E-state index contributed by atoms with van der Waals surface area (Å²) in [4.78, 5) is 17.4. The molecule has 0 amide bonds. The minimum absolute atomic E-state index is 0.271. The van der Waals surface area contributed by atoms with E-state index < -0.39 is 0 Å². The molecule has 0 unspecified atom stereocenters. The molecule has 0 N–H and O–H groups in total. The molecule has 0 spiro atoms. The number of nitrogens with zero attached hydrogens (tertiary/aromatic N) is 2. The van der Waals surface area contributed by atoms with Gasteiger partial charge in [-0.3, -0.25) is 0 Å². The third-order valence-electron chi connectivity index (χ3n) is 2.17. The Balaban J connectivity index is 2.24. The van der Waals surface area contributed by atoms with Crippen molar-refractivity contribution in [3.05, 3.63) is 16.1 Å². The van der Waals surface area contributed by atoms with Gasteiger partial charge < -0.3 is 9.69 Å². The molecule has 0 aliphatic carbocycles. The van der Waals surface area contributed by atoms with E-state index in [2.05, 4.69) is 22.3 Å².